The van der Waals surface area contributed by atoms with E-state index >= 15 is 0 Å². The Labute approximate surface area is 115 Å². The number of aromatic nitrogens is 1. The Morgan fingerprint density at radius 1 is 1.60 bits per heavy atom. The number of pyridine rings is 1. The molecule has 0 bridgehead atoms. The minimum Gasteiger partial charge on any atom is -0.394 e. The summed E-state index contributed by atoms with van der Waals surface area (Å²) in [6, 6.07) is 1.14. The van der Waals surface area contributed by atoms with Gasteiger partial charge in [-0.1, -0.05) is 0 Å². The lowest BCUT2D eigenvalue weighted by molar-refractivity contribution is -0.139. The van der Waals surface area contributed by atoms with Gasteiger partial charge in [-0.15, -0.1) is 0 Å². The van der Waals surface area contributed by atoms with Crippen LogP contribution in [0.4, 0.5) is 8.78 Å². The molecule has 1 saturated heterocycles. The fraction of sp³-hybridized carbons (Fsp3) is 0.538. The molecule has 0 aliphatic carbocycles. The summed E-state index contributed by atoms with van der Waals surface area (Å²) in [5.74, 6) is -3.21. The van der Waals surface area contributed by atoms with Crippen molar-refractivity contribution in [1.82, 2.24) is 9.88 Å². The van der Waals surface area contributed by atoms with Crippen LogP contribution in [0.25, 0.3) is 0 Å². The molecule has 1 aliphatic heterocycles. The third-order valence-corrected chi connectivity index (χ3v) is 3.05. The maximum absolute atomic E-state index is 13.6. The Morgan fingerprint density at radius 3 is 2.95 bits per heavy atom. The van der Waals surface area contributed by atoms with Crippen molar-refractivity contribution >= 4 is 5.91 Å². The molecule has 2 rings (SSSR count). The van der Waals surface area contributed by atoms with Gasteiger partial charge in [-0.25, -0.2) is 9.37 Å². The van der Waals surface area contributed by atoms with Gasteiger partial charge in [-0.05, 0) is 19.9 Å². The maximum atomic E-state index is 13.6. The van der Waals surface area contributed by atoms with Gasteiger partial charge >= 0.3 is 0 Å². The number of halogens is 2. The summed E-state index contributed by atoms with van der Waals surface area (Å²) in [6.45, 7) is 3.63. The topological polar surface area (TPSA) is 62.7 Å². The first-order chi connectivity index (χ1) is 9.34. The highest BCUT2D eigenvalue weighted by Crippen LogP contribution is 2.23. The number of morpholine rings is 1. The number of aliphatic hydroxyl groups is 1. The van der Waals surface area contributed by atoms with E-state index in [1.54, 1.807) is 13.8 Å². The molecule has 1 N–H and O–H groups in total. The van der Waals surface area contributed by atoms with E-state index in [2.05, 4.69) is 4.98 Å². The maximum Gasteiger partial charge on any atom is 0.257 e. The van der Waals surface area contributed by atoms with E-state index in [1.807, 2.05) is 0 Å². The van der Waals surface area contributed by atoms with E-state index in [4.69, 9.17) is 4.74 Å². The molecule has 0 saturated carbocycles. The first kappa shape index (κ1) is 14.8. The van der Waals surface area contributed by atoms with Crippen LogP contribution in [0.5, 0.6) is 0 Å². The normalized spacial score (nSPS) is 21.9. The number of hydrogen-bond donors (Lipinski definition) is 1. The van der Waals surface area contributed by atoms with Crippen molar-refractivity contribution in [2.75, 3.05) is 19.7 Å². The van der Waals surface area contributed by atoms with Crippen LogP contribution in [-0.4, -0.2) is 52.3 Å². The van der Waals surface area contributed by atoms with Gasteiger partial charge < -0.3 is 14.7 Å². The van der Waals surface area contributed by atoms with Crippen molar-refractivity contribution in [2.45, 2.75) is 25.6 Å². The van der Waals surface area contributed by atoms with Gasteiger partial charge in [0.1, 0.15) is 0 Å². The molecule has 5 nitrogen and oxygen atoms in total. The van der Waals surface area contributed by atoms with Gasteiger partial charge in [0.25, 0.3) is 5.91 Å². The van der Waals surface area contributed by atoms with Crippen LogP contribution in [0.15, 0.2) is 12.3 Å². The molecule has 1 aromatic heterocycles. The fourth-order valence-corrected chi connectivity index (χ4v) is 2.30. The molecule has 7 heteroatoms. The summed E-state index contributed by atoms with van der Waals surface area (Å²) >= 11 is 0. The molecule has 0 aromatic carbocycles. The Balaban J connectivity index is 2.26. The summed E-state index contributed by atoms with van der Waals surface area (Å²) in [4.78, 5) is 16.8. The molecule has 0 radical (unpaired) electrons. The van der Waals surface area contributed by atoms with Crippen molar-refractivity contribution < 1.29 is 23.4 Å². The van der Waals surface area contributed by atoms with Crippen LogP contribution in [-0.2, 0) is 4.74 Å². The minimum atomic E-state index is -1.30. The van der Waals surface area contributed by atoms with Crippen LogP contribution in [0.3, 0.4) is 0 Å². The molecule has 110 valence electrons. The quantitative estimate of drug-likeness (QED) is 0.823. The van der Waals surface area contributed by atoms with E-state index in [0.717, 1.165) is 12.3 Å². The van der Waals surface area contributed by atoms with Gasteiger partial charge in [-0.3, -0.25) is 4.79 Å². The second kappa shape index (κ2) is 5.41. The monoisotopic (exact) mass is 286 g/mol. The second-order valence-electron chi connectivity index (χ2n) is 5.33. The molecule has 1 aromatic rings. The largest absolute Gasteiger partial charge is 0.394 e. The number of nitrogens with zero attached hydrogens (tertiary/aromatic N) is 2. The summed E-state index contributed by atoms with van der Waals surface area (Å²) < 4.78 is 32.3. The summed E-state index contributed by atoms with van der Waals surface area (Å²) in [5.41, 5.74) is -1.03. The Kier molecular flexibility index (Phi) is 4.01. The Hall–Kier alpha value is -1.60. The zero-order valence-corrected chi connectivity index (χ0v) is 11.3. The highest BCUT2D eigenvalue weighted by molar-refractivity contribution is 5.94. The number of ether oxygens (including phenoxy) is 1. The lowest BCUT2D eigenvalue weighted by Crippen LogP contribution is -2.55. The highest BCUT2D eigenvalue weighted by Gasteiger charge is 2.36. The highest BCUT2D eigenvalue weighted by atomic mass is 19.2. The third kappa shape index (κ3) is 2.94. The molecular formula is C13H16F2N2O3. The van der Waals surface area contributed by atoms with E-state index in [0.29, 0.717) is 0 Å². The summed E-state index contributed by atoms with van der Waals surface area (Å²) in [7, 11) is 0. The molecular weight excluding hydrogens is 270 g/mol. The molecule has 1 unspecified atom stereocenters. The van der Waals surface area contributed by atoms with Crippen molar-refractivity contribution in [2.24, 2.45) is 0 Å². The molecule has 1 aliphatic rings. The molecule has 1 atom stereocenters. The average Bonchev–Trinajstić information content (AvgIpc) is 2.39. The third-order valence-electron chi connectivity index (χ3n) is 3.05. The van der Waals surface area contributed by atoms with E-state index in [1.165, 1.54) is 4.90 Å². The van der Waals surface area contributed by atoms with Crippen molar-refractivity contribution in [3.05, 3.63) is 29.6 Å². The SMILES string of the molecule is CC1(C)CN(C(=O)c2ccnc(F)c2F)CC(CO)O1. The first-order valence-corrected chi connectivity index (χ1v) is 6.22. The molecule has 1 fully saturated rings. The van der Waals surface area contributed by atoms with Gasteiger partial charge in [0, 0.05) is 19.3 Å². The smallest absolute Gasteiger partial charge is 0.257 e. The predicted molar refractivity (Wildman–Crippen MR) is 66.1 cm³/mol. The fourth-order valence-electron chi connectivity index (χ4n) is 2.30. The number of hydrogen-bond acceptors (Lipinski definition) is 4. The van der Waals surface area contributed by atoms with Gasteiger partial charge in [0.2, 0.25) is 5.95 Å². The minimum absolute atomic E-state index is 0.127. The van der Waals surface area contributed by atoms with Crippen LogP contribution in [0, 0.1) is 11.8 Å². The van der Waals surface area contributed by atoms with Crippen molar-refractivity contribution in [3.8, 4) is 0 Å². The lowest BCUT2D eigenvalue weighted by Gasteiger charge is -2.42. The zero-order chi connectivity index (χ0) is 14.9. The van der Waals surface area contributed by atoms with Crippen LogP contribution in [0.1, 0.15) is 24.2 Å². The van der Waals surface area contributed by atoms with Crippen LogP contribution < -0.4 is 0 Å². The predicted octanol–water partition coefficient (Wildman–Crippen LogP) is 0.972. The van der Waals surface area contributed by atoms with E-state index in [-0.39, 0.29) is 25.3 Å². The number of aliphatic hydroxyl groups excluding tert-OH is 1. The average molecular weight is 286 g/mol. The second-order valence-corrected chi connectivity index (χ2v) is 5.33. The zero-order valence-electron chi connectivity index (χ0n) is 11.3. The summed E-state index contributed by atoms with van der Waals surface area (Å²) in [6.07, 6.45) is 0.498. The number of rotatable bonds is 2. The number of carbonyl (C=O) groups excluding carboxylic acids is 1. The molecule has 2 heterocycles. The lowest BCUT2D eigenvalue weighted by atomic mass is 10.0. The van der Waals surface area contributed by atoms with Crippen molar-refractivity contribution in [1.29, 1.82) is 0 Å². The van der Waals surface area contributed by atoms with Gasteiger partial charge in [0.15, 0.2) is 5.82 Å². The van der Waals surface area contributed by atoms with Crippen molar-refractivity contribution in [3.63, 3.8) is 0 Å². The Morgan fingerprint density at radius 2 is 2.30 bits per heavy atom. The van der Waals surface area contributed by atoms with E-state index < -0.39 is 29.4 Å². The first-order valence-electron chi connectivity index (χ1n) is 6.22. The van der Waals surface area contributed by atoms with Gasteiger partial charge in [-0.2, -0.15) is 4.39 Å². The standard InChI is InChI=1S/C13H16F2N2O3/c1-13(2)7-17(5-8(6-18)20-13)12(19)9-3-4-16-11(15)10(9)14/h3-4,8,18H,5-7H2,1-2H3. The molecule has 20 heavy (non-hydrogen) atoms. The molecule has 1 amide bonds. The molecule has 0 spiro atoms. The van der Waals surface area contributed by atoms with Gasteiger partial charge in [0.05, 0.1) is 23.9 Å². The van der Waals surface area contributed by atoms with Crippen LogP contribution in [0.2, 0.25) is 0 Å². The number of carbonyl (C=O) groups is 1. The summed E-state index contributed by atoms with van der Waals surface area (Å²) in [5, 5.41) is 9.19. The van der Waals surface area contributed by atoms with E-state index in [9.17, 15) is 18.7 Å². The van der Waals surface area contributed by atoms with Crippen LogP contribution >= 0.6 is 0 Å². The number of amides is 1. The Bertz CT molecular complexity index is 522.